The van der Waals surface area contributed by atoms with Gasteiger partial charge in [-0.25, -0.2) is 0 Å². The number of piperidine rings is 1. The van der Waals surface area contributed by atoms with Crippen molar-refractivity contribution in [1.82, 2.24) is 9.80 Å². The second kappa shape index (κ2) is 9.93. The minimum atomic E-state index is 0.119. The molecule has 0 saturated carbocycles. The van der Waals surface area contributed by atoms with E-state index in [1.54, 1.807) is 0 Å². The SMILES string of the molecule is O=C(c1ccc(OCCCN2CCCCC2)cc1)N1CCC[C@H]1c1ccccc1. The molecule has 2 aromatic carbocycles. The molecule has 2 saturated heterocycles. The van der Waals surface area contributed by atoms with Crippen LogP contribution in [0.5, 0.6) is 5.75 Å². The number of hydrogen-bond acceptors (Lipinski definition) is 3. The molecule has 4 rings (SSSR count). The topological polar surface area (TPSA) is 32.8 Å². The summed E-state index contributed by atoms with van der Waals surface area (Å²) in [5, 5.41) is 0. The van der Waals surface area contributed by atoms with Crippen LogP contribution in [0.2, 0.25) is 0 Å². The summed E-state index contributed by atoms with van der Waals surface area (Å²) in [6.07, 6.45) is 7.18. The van der Waals surface area contributed by atoms with E-state index in [-0.39, 0.29) is 11.9 Å². The Labute approximate surface area is 174 Å². The molecule has 4 heteroatoms. The molecule has 0 aliphatic carbocycles. The van der Waals surface area contributed by atoms with Gasteiger partial charge in [0.25, 0.3) is 5.91 Å². The first-order chi connectivity index (χ1) is 14.3. The van der Waals surface area contributed by atoms with E-state index in [1.807, 2.05) is 47.4 Å². The largest absolute Gasteiger partial charge is 0.494 e. The Balaban J connectivity index is 1.28. The standard InChI is InChI=1S/C25H32N2O2/c28-25(27-19-7-11-24(27)21-9-3-1-4-10-21)22-12-14-23(15-13-22)29-20-8-18-26-16-5-2-6-17-26/h1,3-4,9-10,12-15,24H,2,5-8,11,16-20H2/t24-/m0/s1. The summed E-state index contributed by atoms with van der Waals surface area (Å²) >= 11 is 0. The van der Waals surface area contributed by atoms with Gasteiger partial charge in [-0.3, -0.25) is 4.79 Å². The van der Waals surface area contributed by atoms with Gasteiger partial charge >= 0.3 is 0 Å². The fraction of sp³-hybridized carbons (Fsp3) is 0.480. The summed E-state index contributed by atoms with van der Waals surface area (Å²) in [5.74, 6) is 0.967. The smallest absolute Gasteiger partial charge is 0.254 e. The highest BCUT2D eigenvalue weighted by Crippen LogP contribution is 2.33. The molecule has 29 heavy (non-hydrogen) atoms. The lowest BCUT2D eigenvalue weighted by molar-refractivity contribution is 0.0735. The van der Waals surface area contributed by atoms with Crippen molar-refractivity contribution >= 4 is 5.91 Å². The maximum absolute atomic E-state index is 13.1. The molecule has 2 heterocycles. The number of benzene rings is 2. The van der Waals surface area contributed by atoms with Crippen LogP contribution in [0.4, 0.5) is 0 Å². The van der Waals surface area contributed by atoms with E-state index >= 15 is 0 Å². The van der Waals surface area contributed by atoms with Crippen LogP contribution in [-0.2, 0) is 0 Å². The molecule has 1 atom stereocenters. The van der Waals surface area contributed by atoms with Crippen molar-refractivity contribution in [2.45, 2.75) is 44.6 Å². The number of ether oxygens (including phenoxy) is 1. The van der Waals surface area contributed by atoms with Crippen molar-refractivity contribution in [3.63, 3.8) is 0 Å². The van der Waals surface area contributed by atoms with Gasteiger partial charge < -0.3 is 14.5 Å². The van der Waals surface area contributed by atoms with Crippen molar-refractivity contribution < 1.29 is 9.53 Å². The quantitative estimate of drug-likeness (QED) is 0.627. The molecule has 0 bridgehead atoms. The molecule has 2 aliphatic rings. The summed E-state index contributed by atoms with van der Waals surface area (Å²) in [4.78, 5) is 17.6. The Morgan fingerprint density at radius 1 is 0.897 bits per heavy atom. The molecule has 2 fully saturated rings. The molecular formula is C25H32N2O2. The number of nitrogens with zero attached hydrogens (tertiary/aromatic N) is 2. The summed E-state index contributed by atoms with van der Waals surface area (Å²) < 4.78 is 5.90. The monoisotopic (exact) mass is 392 g/mol. The second-order valence-corrected chi connectivity index (χ2v) is 8.20. The lowest BCUT2D eigenvalue weighted by Gasteiger charge is -2.26. The number of hydrogen-bond donors (Lipinski definition) is 0. The highest BCUT2D eigenvalue weighted by atomic mass is 16.5. The molecule has 1 amide bonds. The summed E-state index contributed by atoms with van der Waals surface area (Å²) in [6.45, 7) is 5.14. The summed E-state index contributed by atoms with van der Waals surface area (Å²) in [5.41, 5.74) is 1.97. The summed E-state index contributed by atoms with van der Waals surface area (Å²) in [7, 11) is 0. The van der Waals surface area contributed by atoms with Crippen LogP contribution in [-0.4, -0.2) is 48.5 Å². The molecule has 2 aliphatic heterocycles. The van der Waals surface area contributed by atoms with Gasteiger partial charge in [-0.05, 0) is 75.0 Å². The number of likely N-dealkylation sites (tertiary alicyclic amines) is 2. The van der Waals surface area contributed by atoms with Crippen LogP contribution in [0.15, 0.2) is 54.6 Å². The number of amides is 1. The zero-order valence-corrected chi connectivity index (χ0v) is 17.3. The Bertz CT molecular complexity index is 769. The average Bonchev–Trinajstić information content (AvgIpc) is 3.28. The molecule has 0 N–H and O–H groups in total. The Morgan fingerprint density at radius 3 is 2.41 bits per heavy atom. The van der Waals surface area contributed by atoms with Crippen LogP contribution in [0, 0.1) is 0 Å². The van der Waals surface area contributed by atoms with E-state index in [0.29, 0.717) is 0 Å². The van der Waals surface area contributed by atoms with Crippen molar-refractivity contribution in [1.29, 1.82) is 0 Å². The Kier molecular flexibility index (Phi) is 6.83. The first-order valence-electron chi connectivity index (χ1n) is 11.1. The molecule has 0 unspecified atom stereocenters. The van der Waals surface area contributed by atoms with Gasteiger partial charge in [-0.1, -0.05) is 36.8 Å². The molecule has 0 spiro atoms. The molecule has 154 valence electrons. The van der Waals surface area contributed by atoms with Gasteiger partial charge in [0.05, 0.1) is 12.6 Å². The molecule has 4 nitrogen and oxygen atoms in total. The third-order valence-electron chi connectivity index (χ3n) is 6.14. The lowest BCUT2D eigenvalue weighted by Crippen LogP contribution is -2.31. The minimum Gasteiger partial charge on any atom is -0.494 e. The van der Waals surface area contributed by atoms with Crippen molar-refractivity contribution in [3.05, 3.63) is 65.7 Å². The third-order valence-corrected chi connectivity index (χ3v) is 6.14. The fourth-order valence-corrected chi connectivity index (χ4v) is 4.55. The van der Waals surface area contributed by atoms with Gasteiger partial charge in [-0.2, -0.15) is 0 Å². The van der Waals surface area contributed by atoms with E-state index < -0.39 is 0 Å². The molecule has 0 radical (unpaired) electrons. The highest BCUT2D eigenvalue weighted by molar-refractivity contribution is 5.94. The van der Waals surface area contributed by atoms with E-state index in [1.165, 1.54) is 37.9 Å². The van der Waals surface area contributed by atoms with Crippen LogP contribution in [0.25, 0.3) is 0 Å². The van der Waals surface area contributed by atoms with Crippen molar-refractivity contribution in [2.24, 2.45) is 0 Å². The van der Waals surface area contributed by atoms with Crippen LogP contribution < -0.4 is 4.74 Å². The van der Waals surface area contributed by atoms with Gasteiger partial charge in [0.2, 0.25) is 0 Å². The zero-order chi connectivity index (χ0) is 19.9. The maximum atomic E-state index is 13.1. The molecule has 2 aromatic rings. The lowest BCUT2D eigenvalue weighted by atomic mass is 10.0. The van der Waals surface area contributed by atoms with Crippen LogP contribution in [0.3, 0.4) is 0 Å². The van der Waals surface area contributed by atoms with Crippen LogP contribution in [0.1, 0.15) is 60.5 Å². The van der Waals surface area contributed by atoms with E-state index in [9.17, 15) is 4.79 Å². The van der Waals surface area contributed by atoms with Crippen molar-refractivity contribution in [3.8, 4) is 5.75 Å². The normalized spacial score (nSPS) is 20.0. The zero-order valence-electron chi connectivity index (χ0n) is 17.3. The average molecular weight is 393 g/mol. The fourth-order valence-electron chi connectivity index (χ4n) is 4.55. The van der Waals surface area contributed by atoms with E-state index in [2.05, 4.69) is 17.0 Å². The highest BCUT2D eigenvalue weighted by Gasteiger charge is 2.30. The van der Waals surface area contributed by atoms with E-state index in [0.717, 1.165) is 50.3 Å². The molecular weight excluding hydrogens is 360 g/mol. The number of rotatable bonds is 7. The van der Waals surface area contributed by atoms with E-state index in [4.69, 9.17) is 4.74 Å². The van der Waals surface area contributed by atoms with Gasteiger partial charge in [0.15, 0.2) is 0 Å². The third kappa shape index (κ3) is 5.18. The first kappa shape index (κ1) is 20.0. The number of carbonyl (C=O) groups excluding carboxylic acids is 1. The van der Waals surface area contributed by atoms with Crippen molar-refractivity contribution in [2.75, 3.05) is 32.8 Å². The first-order valence-corrected chi connectivity index (χ1v) is 11.1. The van der Waals surface area contributed by atoms with Crippen LogP contribution >= 0.6 is 0 Å². The van der Waals surface area contributed by atoms with Gasteiger partial charge in [0.1, 0.15) is 5.75 Å². The number of carbonyl (C=O) groups is 1. The Hall–Kier alpha value is -2.33. The Morgan fingerprint density at radius 2 is 1.66 bits per heavy atom. The van der Waals surface area contributed by atoms with Gasteiger partial charge in [-0.15, -0.1) is 0 Å². The van der Waals surface area contributed by atoms with Gasteiger partial charge in [0, 0.05) is 18.7 Å². The predicted molar refractivity (Wildman–Crippen MR) is 116 cm³/mol. The molecule has 0 aromatic heterocycles. The maximum Gasteiger partial charge on any atom is 0.254 e. The predicted octanol–water partition coefficient (Wildman–Crippen LogP) is 4.92. The second-order valence-electron chi connectivity index (χ2n) is 8.20. The minimum absolute atomic E-state index is 0.119. The summed E-state index contributed by atoms with van der Waals surface area (Å²) in [6, 6.07) is 18.2.